The molecule has 152 valence electrons. The summed E-state index contributed by atoms with van der Waals surface area (Å²) >= 11 is 0. The molecule has 6 heteroatoms. The summed E-state index contributed by atoms with van der Waals surface area (Å²) in [5, 5.41) is 0. The van der Waals surface area contributed by atoms with Gasteiger partial charge in [-0.25, -0.2) is 12.7 Å². The number of hydrogen-bond acceptors (Lipinski definition) is 4. The van der Waals surface area contributed by atoms with E-state index in [1.165, 1.54) is 37.6 Å². The molecular weight excluding hydrogens is 398 g/mol. The Morgan fingerprint density at radius 3 is 2.10 bits per heavy atom. The quantitative estimate of drug-likeness (QED) is 0.550. The number of carbonyl (C=O) groups excluding carboxylic acids is 1. The fourth-order valence-electron chi connectivity index (χ4n) is 2.73. The molecule has 5 nitrogen and oxygen atoms in total. The second-order valence-electron chi connectivity index (χ2n) is 6.33. The van der Waals surface area contributed by atoms with Crippen molar-refractivity contribution in [2.75, 3.05) is 7.11 Å². The van der Waals surface area contributed by atoms with Crippen molar-refractivity contribution in [3.8, 4) is 5.75 Å². The highest BCUT2D eigenvalue weighted by Gasteiger charge is 2.28. The zero-order valence-electron chi connectivity index (χ0n) is 16.4. The molecule has 3 aromatic rings. The van der Waals surface area contributed by atoms with Crippen molar-refractivity contribution in [3.05, 3.63) is 108 Å². The highest BCUT2D eigenvalue weighted by atomic mass is 32.2. The number of benzene rings is 3. The first-order valence-electron chi connectivity index (χ1n) is 9.14. The van der Waals surface area contributed by atoms with Crippen LogP contribution in [0.25, 0.3) is 12.2 Å². The molecule has 0 radical (unpaired) electrons. The molecule has 0 saturated carbocycles. The maximum atomic E-state index is 13.3. The van der Waals surface area contributed by atoms with Gasteiger partial charge in [-0.15, -0.1) is 0 Å². The van der Waals surface area contributed by atoms with Gasteiger partial charge in [-0.1, -0.05) is 55.1 Å². The largest absolute Gasteiger partial charge is 0.497 e. The number of methoxy groups -OCH3 is 1. The lowest BCUT2D eigenvalue weighted by Gasteiger charge is -2.19. The van der Waals surface area contributed by atoms with Crippen molar-refractivity contribution in [1.29, 1.82) is 0 Å². The number of amides is 1. The van der Waals surface area contributed by atoms with Gasteiger partial charge >= 0.3 is 0 Å². The zero-order chi connectivity index (χ0) is 21.6. The van der Waals surface area contributed by atoms with Gasteiger partial charge in [0.1, 0.15) is 5.75 Å². The third-order valence-electron chi connectivity index (χ3n) is 4.41. The van der Waals surface area contributed by atoms with Crippen molar-refractivity contribution in [1.82, 2.24) is 4.31 Å². The Bertz CT molecular complexity index is 1150. The van der Waals surface area contributed by atoms with E-state index in [1.807, 2.05) is 30.3 Å². The minimum atomic E-state index is -4.14. The average molecular weight is 420 g/mol. The normalized spacial score (nSPS) is 11.2. The molecule has 0 saturated heterocycles. The third kappa shape index (κ3) is 4.67. The fourth-order valence-corrected chi connectivity index (χ4v) is 3.98. The molecule has 0 spiro atoms. The van der Waals surface area contributed by atoms with E-state index >= 15 is 0 Å². The smallest absolute Gasteiger partial charge is 0.271 e. The number of sulfonamides is 1. The SMILES string of the molecule is C=Cc1ccc(C(=O)N(C=Cc2ccccc2)S(=O)(=O)c2ccc(OC)cc2)cc1. The molecule has 3 rings (SSSR count). The standard InChI is InChI=1S/C24H21NO4S/c1-3-19-9-11-21(12-10-19)24(26)25(18-17-20-7-5-4-6-8-20)30(27,28)23-15-13-22(29-2)14-16-23/h3-18H,1H2,2H3. The zero-order valence-corrected chi connectivity index (χ0v) is 17.2. The molecule has 3 aromatic carbocycles. The first kappa shape index (κ1) is 21.1. The molecule has 0 N–H and O–H groups in total. The molecule has 30 heavy (non-hydrogen) atoms. The van der Waals surface area contributed by atoms with Crippen LogP contribution in [-0.4, -0.2) is 25.7 Å². The van der Waals surface area contributed by atoms with Crippen LogP contribution in [-0.2, 0) is 10.0 Å². The molecule has 0 unspecified atom stereocenters. The third-order valence-corrected chi connectivity index (χ3v) is 6.09. The highest BCUT2D eigenvalue weighted by Crippen LogP contribution is 2.22. The average Bonchev–Trinajstić information content (AvgIpc) is 2.79. The predicted octanol–water partition coefficient (Wildman–Crippen LogP) is 4.84. The van der Waals surface area contributed by atoms with Gasteiger partial charge < -0.3 is 4.74 Å². The van der Waals surface area contributed by atoms with Crippen LogP contribution in [0, 0.1) is 0 Å². The van der Waals surface area contributed by atoms with E-state index in [4.69, 9.17) is 4.74 Å². The molecule has 0 bridgehead atoms. The number of carbonyl (C=O) groups is 1. The van der Waals surface area contributed by atoms with Crippen molar-refractivity contribution < 1.29 is 17.9 Å². The van der Waals surface area contributed by atoms with E-state index in [0.717, 1.165) is 15.4 Å². The summed E-state index contributed by atoms with van der Waals surface area (Å²) in [4.78, 5) is 13.1. The Kier molecular flexibility index (Phi) is 6.49. The first-order valence-corrected chi connectivity index (χ1v) is 10.6. The van der Waals surface area contributed by atoms with Crippen LogP contribution in [0.3, 0.4) is 0 Å². The van der Waals surface area contributed by atoms with Crippen molar-refractivity contribution in [2.45, 2.75) is 4.90 Å². The molecule has 0 aromatic heterocycles. The summed E-state index contributed by atoms with van der Waals surface area (Å²) in [6, 6.07) is 21.6. The van der Waals surface area contributed by atoms with E-state index in [1.54, 1.807) is 36.4 Å². The van der Waals surface area contributed by atoms with Crippen LogP contribution in [0.15, 0.2) is 96.5 Å². The molecule has 0 aliphatic heterocycles. The van der Waals surface area contributed by atoms with Gasteiger partial charge in [0.25, 0.3) is 15.9 Å². The monoisotopic (exact) mass is 419 g/mol. The Morgan fingerprint density at radius 2 is 1.53 bits per heavy atom. The number of rotatable bonds is 7. The Labute approximate surface area is 176 Å². The number of nitrogens with zero attached hydrogens (tertiary/aromatic N) is 1. The second kappa shape index (κ2) is 9.24. The van der Waals surface area contributed by atoms with Gasteiger partial charge in [0.2, 0.25) is 0 Å². The molecule has 1 amide bonds. The summed E-state index contributed by atoms with van der Waals surface area (Å²) in [6.45, 7) is 3.68. The Morgan fingerprint density at radius 1 is 0.900 bits per heavy atom. The van der Waals surface area contributed by atoms with Crippen LogP contribution in [0.2, 0.25) is 0 Å². The molecular formula is C24H21NO4S. The van der Waals surface area contributed by atoms with Gasteiger partial charge in [0.05, 0.1) is 12.0 Å². The van der Waals surface area contributed by atoms with Crippen LogP contribution < -0.4 is 4.74 Å². The number of hydrogen-bond donors (Lipinski definition) is 0. The number of ether oxygens (including phenoxy) is 1. The fraction of sp³-hybridized carbons (Fsp3) is 0.0417. The van der Waals surface area contributed by atoms with Gasteiger partial charge in [-0.05, 0) is 53.6 Å². The summed E-state index contributed by atoms with van der Waals surface area (Å²) in [5.41, 5.74) is 1.84. The summed E-state index contributed by atoms with van der Waals surface area (Å²) < 4.78 is 32.4. The minimum Gasteiger partial charge on any atom is -0.497 e. The van der Waals surface area contributed by atoms with Gasteiger partial charge in [-0.2, -0.15) is 0 Å². The van der Waals surface area contributed by atoms with Crippen LogP contribution in [0.1, 0.15) is 21.5 Å². The summed E-state index contributed by atoms with van der Waals surface area (Å²) in [6.07, 6.45) is 4.51. The minimum absolute atomic E-state index is 0.0166. The van der Waals surface area contributed by atoms with Crippen LogP contribution in [0.4, 0.5) is 0 Å². The van der Waals surface area contributed by atoms with Gasteiger partial charge in [0, 0.05) is 11.8 Å². The molecule has 0 fully saturated rings. The van der Waals surface area contributed by atoms with E-state index in [9.17, 15) is 13.2 Å². The topological polar surface area (TPSA) is 63.7 Å². The lowest BCUT2D eigenvalue weighted by Crippen LogP contribution is -2.32. The lowest BCUT2D eigenvalue weighted by molar-refractivity contribution is 0.0899. The maximum absolute atomic E-state index is 13.3. The van der Waals surface area contributed by atoms with Crippen LogP contribution >= 0.6 is 0 Å². The van der Waals surface area contributed by atoms with Crippen LogP contribution in [0.5, 0.6) is 5.75 Å². The van der Waals surface area contributed by atoms with Gasteiger partial charge in [0.15, 0.2) is 0 Å². The van der Waals surface area contributed by atoms with E-state index in [-0.39, 0.29) is 10.5 Å². The Balaban J connectivity index is 2.04. The summed E-state index contributed by atoms with van der Waals surface area (Å²) in [7, 11) is -2.64. The predicted molar refractivity (Wildman–Crippen MR) is 118 cm³/mol. The maximum Gasteiger partial charge on any atom is 0.271 e. The molecule has 0 heterocycles. The van der Waals surface area contributed by atoms with Gasteiger partial charge in [-0.3, -0.25) is 4.79 Å². The Hall–Kier alpha value is -3.64. The molecule has 0 aliphatic rings. The highest BCUT2D eigenvalue weighted by molar-refractivity contribution is 7.89. The van der Waals surface area contributed by atoms with E-state index < -0.39 is 15.9 Å². The van der Waals surface area contributed by atoms with Crippen molar-refractivity contribution in [2.24, 2.45) is 0 Å². The second-order valence-corrected chi connectivity index (χ2v) is 8.15. The molecule has 0 aliphatic carbocycles. The van der Waals surface area contributed by atoms with Crippen molar-refractivity contribution in [3.63, 3.8) is 0 Å². The van der Waals surface area contributed by atoms with Crippen molar-refractivity contribution >= 4 is 28.1 Å². The van der Waals surface area contributed by atoms with E-state index in [2.05, 4.69) is 6.58 Å². The summed E-state index contributed by atoms with van der Waals surface area (Å²) in [5.74, 6) is -0.139. The lowest BCUT2D eigenvalue weighted by atomic mass is 10.1. The first-order chi connectivity index (χ1) is 14.5. The van der Waals surface area contributed by atoms with E-state index in [0.29, 0.717) is 5.75 Å². The molecule has 0 atom stereocenters.